The van der Waals surface area contributed by atoms with E-state index in [4.69, 9.17) is 4.74 Å². The normalized spacial score (nSPS) is 18.4. The van der Waals surface area contributed by atoms with Gasteiger partial charge in [-0.15, -0.1) is 0 Å². The molecule has 5 amide bonds. The summed E-state index contributed by atoms with van der Waals surface area (Å²) in [6, 6.07) is 6.92. The number of hydrogen-bond acceptors (Lipinski definition) is 8. The summed E-state index contributed by atoms with van der Waals surface area (Å²) in [6.45, 7) is 7.80. The van der Waals surface area contributed by atoms with Gasteiger partial charge >= 0.3 is 6.09 Å². The lowest BCUT2D eigenvalue weighted by Gasteiger charge is -2.56. The van der Waals surface area contributed by atoms with Crippen molar-refractivity contribution in [1.29, 1.82) is 0 Å². The highest BCUT2D eigenvalue weighted by atomic mass is 32.2. The Balaban J connectivity index is 1.53. The predicted molar refractivity (Wildman–Crippen MR) is 174 cm³/mol. The first-order valence-electron chi connectivity index (χ1n) is 15.8. The summed E-state index contributed by atoms with van der Waals surface area (Å²) in [4.78, 5) is 65.3. The molecular weight excluding hydrogens is 634 g/mol. The van der Waals surface area contributed by atoms with Gasteiger partial charge in [-0.25, -0.2) is 17.9 Å². The Hall–Kier alpha value is -3.46. The Bertz CT molecular complexity index is 1270. The minimum Gasteiger partial charge on any atom is -0.444 e. The minimum absolute atomic E-state index is 0.0232. The van der Waals surface area contributed by atoms with Crippen LogP contribution in [0.5, 0.6) is 0 Å². The van der Waals surface area contributed by atoms with Gasteiger partial charge in [0.25, 0.3) is 5.92 Å². The van der Waals surface area contributed by atoms with Crippen LogP contribution in [0.25, 0.3) is 0 Å². The summed E-state index contributed by atoms with van der Waals surface area (Å²) in [5.74, 6) is -5.63. The van der Waals surface area contributed by atoms with Crippen molar-refractivity contribution in [2.75, 3.05) is 45.5 Å². The number of alkyl carbamates (subject to hydrolysis) is 1. The molecule has 15 heteroatoms. The molecule has 0 aliphatic carbocycles. The van der Waals surface area contributed by atoms with Gasteiger partial charge in [0, 0.05) is 26.1 Å². The molecule has 1 aromatic carbocycles. The molecule has 0 saturated carbocycles. The number of nitrogens with zero attached hydrogens (tertiary/aromatic N) is 2. The molecule has 2 atom stereocenters. The first kappa shape index (κ1) is 38.0. The number of hydrogen-bond donors (Lipinski definition) is 4. The summed E-state index contributed by atoms with van der Waals surface area (Å²) in [6.07, 6.45) is 1.59. The van der Waals surface area contributed by atoms with Gasteiger partial charge in [0.15, 0.2) is 0 Å². The highest BCUT2D eigenvalue weighted by Crippen LogP contribution is 2.51. The van der Waals surface area contributed by atoms with Crippen molar-refractivity contribution in [1.82, 2.24) is 30.5 Å². The zero-order chi connectivity index (χ0) is 35.0. The Kier molecular flexibility index (Phi) is 13.0. The van der Waals surface area contributed by atoms with Gasteiger partial charge in [-0.05, 0) is 51.3 Å². The SMILES string of the molecule is CSN1CC2(CCN(C(=O)CNC(=O)C(CC(C)C)NC(=O)CNC(=O)C(Cc3ccccc3)NC(=O)OC(C)(C)C)CC2(F)F)C1. The summed E-state index contributed by atoms with van der Waals surface area (Å²) >= 11 is 1.42. The van der Waals surface area contributed by atoms with E-state index in [9.17, 15) is 24.0 Å². The molecule has 0 aromatic heterocycles. The quantitative estimate of drug-likeness (QED) is 0.232. The number of halogens is 2. The largest absolute Gasteiger partial charge is 0.444 e. The van der Waals surface area contributed by atoms with Gasteiger partial charge in [0.05, 0.1) is 25.0 Å². The van der Waals surface area contributed by atoms with Gasteiger partial charge in [-0.2, -0.15) is 0 Å². The average molecular weight is 683 g/mol. The fourth-order valence-electron chi connectivity index (χ4n) is 5.52. The molecule has 2 unspecified atom stereocenters. The van der Waals surface area contributed by atoms with E-state index in [0.29, 0.717) is 0 Å². The molecule has 2 heterocycles. The standard InChI is InChI=1S/C32H48F2N6O6S/c1-21(2)14-23(27(43)36-17-26(42)39-13-12-31(32(33,34)20-39)18-40(19-31)47-6)37-25(41)16-35-28(44)24(15-22-10-8-7-9-11-22)38-29(45)46-30(3,4)5/h7-11,21,23-24H,12-20H2,1-6H3,(H,35,44)(H,36,43)(H,37,41)(H,38,45). The maximum Gasteiger partial charge on any atom is 0.408 e. The zero-order valence-corrected chi connectivity index (χ0v) is 28.8. The lowest BCUT2D eigenvalue weighted by atomic mass is 9.70. The van der Waals surface area contributed by atoms with Gasteiger partial charge in [-0.1, -0.05) is 56.1 Å². The molecule has 2 aliphatic rings. The van der Waals surface area contributed by atoms with Crippen LogP contribution in [0.3, 0.4) is 0 Å². The number of nitrogens with one attached hydrogen (secondary N) is 4. The molecule has 4 N–H and O–H groups in total. The van der Waals surface area contributed by atoms with Crippen molar-refractivity contribution in [2.24, 2.45) is 11.3 Å². The van der Waals surface area contributed by atoms with E-state index in [1.54, 1.807) is 45.0 Å². The van der Waals surface area contributed by atoms with E-state index in [2.05, 4.69) is 21.3 Å². The molecule has 12 nitrogen and oxygen atoms in total. The maximum atomic E-state index is 15.0. The molecule has 0 radical (unpaired) electrons. The van der Waals surface area contributed by atoms with Crippen molar-refractivity contribution in [3.63, 3.8) is 0 Å². The van der Waals surface area contributed by atoms with Crippen molar-refractivity contribution in [3.05, 3.63) is 35.9 Å². The zero-order valence-electron chi connectivity index (χ0n) is 28.0. The summed E-state index contributed by atoms with van der Waals surface area (Å²) in [7, 11) is 0. The highest BCUT2D eigenvalue weighted by Gasteiger charge is 2.62. The molecule has 1 aromatic rings. The average Bonchev–Trinajstić information content (AvgIpc) is 2.95. The number of benzene rings is 1. The number of likely N-dealkylation sites (tertiary alicyclic amines) is 1. The van der Waals surface area contributed by atoms with E-state index in [1.807, 2.05) is 30.5 Å². The number of amides is 5. The molecule has 3 rings (SSSR count). The van der Waals surface area contributed by atoms with E-state index in [0.717, 1.165) is 10.5 Å². The van der Waals surface area contributed by atoms with Crippen molar-refractivity contribution in [2.45, 2.75) is 77.5 Å². The van der Waals surface area contributed by atoms with E-state index in [1.165, 1.54) is 11.9 Å². The van der Waals surface area contributed by atoms with Crippen LogP contribution in [0.2, 0.25) is 0 Å². The second kappa shape index (κ2) is 16.1. The highest BCUT2D eigenvalue weighted by molar-refractivity contribution is 7.96. The smallest absolute Gasteiger partial charge is 0.408 e. The molecular formula is C32H48F2N6O6S. The number of ether oxygens (including phenoxy) is 1. The Morgan fingerprint density at radius 3 is 2.13 bits per heavy atom. The number of carbonyl (C=O) groups excluding carboxylic acids is 5. The van der Waals surface area contributed by atoms with Crippen LogP contribution in [0, 0.1) is 11.3 Å². The van der Waals surface area contributed by atoms with Crippen LogP contribution in [0.1, 0.15) is 53.0 Å². The summed E-state index contributed by atoms with van der Waals surface area (Å²) < 4.78 is 37.2. The van der Waals surface area contributed by atoms with Gasteiger partial charge in [-0.3, -0.25) is 19.2 Å². The lowest BCUT2D eigenvalue weighted by molar-refractivity contribution is -0.208. The lowest BCUT2D eigenvalue weighted by Crippen LogP contribution is -2.69. The van der Waals surface area contributed by atoms with Crippen LogP contribution in [0.4, 0.5) is 13.6 Å². The third kappa shape index (κ3) is 11.1. The molecule has 2 aliphatic heterocycles. The predicted octanol–water partition coefficient (Wildman–Crippen LogP) is 2.33. The van der Waals surface area contributed by atoms with E-state index >= 15 is 8.78 Å². The van der Waals surface area contributed by atoms with Gasteiger partial charge < -0.3 is 30.9 Å². The second-order valence-electron chi connectivity index (χ2n) is 13.6. The Morgan fingerprint density at radius 1 is 0.936 bits per heavy atom. The van der Waals surface area contributed by atoms with Crippen LogP contribution in [-0.4, -0.2) is 108 Å². The molecule has 2 fully saturated rings. The molecule has 2 saturated heterocycles. The Morgan fingerprint density at radius 2 is 1.55 bits per heavy atom. The van der Waals surface area contributed by atoms with E-state index in [-0.39, 0.29) is 44.8 Å². The monoisotopic (exact) mass is 682 g/mol. The molecule has 262 valence electrons. The van der Waals surface area contributed by atoms with Crippen LogP contribution in [0.15, 0.2) is 30.3 Å². The van der Waals surface area contributed by atoms with Gasteiger partial charge in [0.1, 0.15) is 17.7 Å². The maximum absolute atomic E-state index is 15.0. The first-order chi connectivity index (χ1) is 21.9. The van der Waals surface area contributed by atoms with Crippen molar-refractivity contribution >= 4 is 41.7 Å². The number of alkyl halides is 2. The Labute approximate surface area is 279 Å². The molecule has 47 heavy (non-hydrogen) atoms. The van der Waals surface area contributed by atoms with Crippen molar-refractivity contribution < 1.29 is 37.5 Å². The minimum atomic E-state index is -3.04. The summed E-state index contributed by atoms with van der Waals surface area (Å²) in [5, 5.41) is 10.1. The van der Waals surface area contributed by atoms with Crippen LogP contribution >= 0.6 is 11.9 Å². The van der Waals surface area contributed by atoms with E-state index < -0.39 is 78.4 Å². The molecule has 1 spiro atoms. The van der Waals surface area contributed by atoms with Crippen molar-refractivity contribution in [3.8, 4) is 0 Å². The third-order valence-electron chi connectivity index (χ3n) is 8.08. The fourth-order valence-corrected chi connectivity index (χ4v) is 6.28. The fraction of sp³-hybridized carbons (Fsp3) is 0.656. The second-order valence-corrected chi connectivity index (χ2v) is 14.5. The topological polar surface area (TPSA) is 149 Å². The number of piperidine rings is 1. The molecule has 0 bridgehead atoms. The van der Waals surface area contributed by atoms with Gasteiger partial charge in [0.2, 0.25) is 23.6 Å². The first-order valence-corrected chi connectivity index (χ1v) is 16.9. The van der Waals surface area contributed by atoms with Crippen LogP contribution in [-0.2, 0) is 30.3 Å². The van der Waals surface area contributed by atoms with Crippen LogP contribution < -0.4 is 21.3 Å². The number of carbonyl (C=O) groups is 5. The third-order valence-corrected chi connectivity index (χ3v) is 8.86. The summed E-state index contributed by atoms with van der Waals surface area (Å²) in [5.41, 5.74) is -1.15. The number of rotatable bonds is 13.